The maximum absolute atomic E-state index is 5.61. The van der Waals surface area contributed by atoms with E-state index in [1.165, 1.54) is 77.2 Å². The first-order valence-corrected chi connectivity index (χ1v) is 9.24. The summed E-state index contributed by atoms with van der Waals surface area (Å²) in [6.07, 6.45) is 15.8. The van der Waals surface area contributed by atoms with Gasteiger partial charge < -0.3 is 10.1 Å². The summed E-state index contributed by atoms with van der Waals surface area (Å²) in [6.45, 7) is 3.30. The van der Waals surface area contributed by atoms with Gasteiger partial charge in [0.2, 0.25) is 0 Å². The van der Waals surface area contributed by atoms with Crippen molar-refractivity contribution in [3.63, 3.8) is 0 Å². The molecule has 20 heavy (non-hydrogen) atoms. The lowest BCUT2D eigenvalue weighted by Crippen LogP contribution is -2.40. The van der Waals surface area contributed by atoms with Crippen molar-refractivity contribution in [2.24, 2.45) is 17.8 Å². The van der Waals surface area contributed by atoms with Crippen LogP contribution in [0.4, 0.5) is 0 Å². The maximum atomic E-state index is 5.61. The Kier molecular flexibility index (Phi) is 5.78. The topological polar surface area (TPSA) is 21.3 Å². The van der Waals surface area contributed by atoms with E-state index in [9.17, 15) is 0 Å². The third kappa shape index (κ3) is 3.98. The van der Waals surface area contributed by atoms with Gasteiger partial charge in [-0.2, -0.15) is 0 Å². The quantitative estimate of drug-likeness (QED) is 0.835. The minimum atomic E-state index is 0.818. The van der Waals surface area contributed by atoms with Crippen molar-refractivity contribution in [2.75, 3.05) is 19.8 Å². The van der Waals surface area contributed by atoms with E-state index in [1.807, 2.05) is 0 Å². The van der Waals surface area contributed by atoms with E-state index in [0.717, 1.165) is 37.0 Å². The predicted octanol–water partition coefficient (Wildman–Crippen LogP) is 4.14. The number of hydrogen-bond acceptors (Lipinski definition) is 2. The zero-order valence-electron chi connectivity index (χ0n) is 13.1. The molecule has 0 amide bonds. The Hall–Kier alpha value is -0.0800. The molecule has 1 N–H and O–H groups in total. The van der Waals surface area contributed by atoms with Crippen LogP contribution >= 0.6 is 0 Å². The van der Waals surface area contributed by atoms with Gasteiger partial charge in [-0.25, -0.2) is 0 Å². The highest BCUT2D eigenvalue weighted by Gasteiger charge is 2.33. The molecule has 3 aliphatic rings. The molecule has 0 aromatic heterocycles. The second-order valence-corrected chi connectivity index (χ2v) is 7.39. The summed E-state index contributed by atoms with van der Waals surface area (Å²) < 4.78 is 5.61. The summed E-state index contributed by atoms with van der Waals surface area (Å²) in [5, 5.41) is 3.80. The fraction of sp³-hybridized carbons (Fsp3) is 1.00. The second kappa shape index (κ2) is 7.79. The standard InChI is InChI=1S/C18H33NO/c1-2-6-15(7-3-1)18(16-9-12-20-13-10-16)14-17-8-4-5-11-19-17/h15-19H,1-14H2. The summed E-state index contributed by atoms with van der Waals surface area (Å²) in [5.74, 6) is 2.96. The van der Waals surface area contributed by atoms with Gasteiger partial charge in [0, 0.05) is 19.3 Å². The predicted molar refractivity (Wildman–Crippen MR) is 83.9 cm³/mol. The smallest absolute Gasteiger partial charge is 0.0468 e. The fourth-order valence-corrected chi connectivity index (χ4v) is 4.93. The van der Waals surface area contributed by atoms with Crippen molar-refractivity contribution in [3.8, 4) is 0 Å². The van der Waals surface area contributed by atoms with E-state index in [4.69, 9.17) is 4.74 Å². The van der Waals surface area contributed by atoms with Gasteiger partial charge in [0.1, 0.15) is 0 Å². The van der Waals surface area contributed by atoms with Gasteiger partial charge >= 0.3 is 0 Å². The fourth-order valence-electron chi connectivity index (χ4n) is 4.93. The SMILES string of the molecule is C1CCC(C(CC2CCCCN2)C2CCOCC2)CC1. The minimum absolute atomic E-state index is 0.818. The van der Waals surface area contributed by atoms with Crippen LogP contribution < -0.4 is 5.32 Å². The number of hydrogen-bond donors (Lipinski definition) is 1. The Morgan fingerprint density at radius 1 is 0.800 bits per heavy atom. The van der Waals surface area contributed by atoms with Crippen LogP contribution in [0.1, 0.15) is 70.6 Å². The summed E-state index contributed by atoms with van der Waals surface area (Å²) in [6, 6.07) is 0.818. The molecule has 1 saturated carbocycles. The highest BCUT2D eigenvalue weighted by Crippen LogP contribution is 2.40. The van der Waals surface area contributed by atoms with E-state index in [0.29, 0.717) is 0 Å². The summed E-state index contributed by atoms with van der Waals surface area (Å²) in [4.78, 5) is 0. The van der Waals surface area contributed by atoms with Gasteiger partial charge in [0.05, 0.1) is 0 Å². The summed E-state index contributed by atoms with van der Waals surface area (Å²) >= 11 is 0. The lowest BCUT2D eigenvalue weighted by Gasteiger charge is -2.40. The van der Waals surface area contributed by atoms with Crippen molar-refractivity contribution in [1.82, 2.24) is 5.32 Å². The minimum Gasteiger partial charge on any atom is -0.381 e. The van der Waals surface area contributed by atoms with Crippen LogP contribution in [0.5, 0.6) is 0 Å². The molecule has 0 radical (unpaired) electrons. The van der Waals surface area contributed by atoms with Gasteiger partial charge in [-0.05, 0) is 56.4 Å². The van der Waals surface area contributed by atoms with Gasteiger partial charge in [-0.15, -0.1) is 0 Å². The second-order valence-electron chi connectivity index (χ2n) is 7.39. The van der Waals surface area contributed by atoms with Gasteiger partial charge in [0.25, 0.3) is 0 Å². The van der Waals surface area contributed by atoms with Crippen LogP contribution in [0.15, 0.2) is 0 Å². The molecule has 0 spiro atoms. The molecule has 2 heteroatoms. The molecule has 2 aliphatic heterocycles. The molecule has 2 atom stereocenters. The van der Waals surface area contributed by atoms with Gasteiger partial charge in [-0.3, -0.25) is 0 Å². The van der Waals surface area contributed by atoms with E-state index >= 15 is 0 Å². The Labute approximate surface area is 125 Å². The molecule has 0 bridgehead atoms. The Balaban J connectivity index is 1.61. The van der Waals surface area contributed by atoms with Crippen molar-refractivity contribution in [2.45, 2.75) is 76.7 Å². The van der Waals surface area contributed by atoms with Crippen molar-refractivity contribution in [1.29, 1.82) is 0 Å². The molecule has 2 nitrogen and oxygen atoms in total. The van der Waals surface area contributed by atoms with Crippen LogP contribution in [0.25, 0.3) is 0 Å². The molecular weight excluding hydrogens is 246 g/mol. The van der Waals surface area contributed by atoms with E-state index in [2.05, 4.69) is 5.32 Å². The lowest BCUT2D eigenvalue weighted by molar-refractivity contribution is 0.0219. The third-order valence-electron chi connectivity index (χ3n) is 6.10. The highest BCUT2D eigenvalue weighted by atomic mass is 16.5. The van der Waals surface area contributed by atoms with Crippen molar-refractivity contribution in [3.05, 3.63) is 0 Å². The maximum Gasteiger partial charge on any atom is 0.0468 e. The summed E-state index contributed by atoms with van der Waals surface area (Å²) in [5.41, 5.74) is 0. The average Bonchev–Trinajstić information content (AvgIpc) is 2.55. The van der Waals surface area contributed by atoms with Crippen LogP contribution in [-0.2, 0) is 4.74 Å². The number of rotatable bonds is 4. The Bertz CT molecular complexity index is 245. The normalized spacial score (nSPS) is 32.1. The zero-order valence-corrected chi connectivity index (χ0v) is 13.1. The molecule has 1 aliphatic carbocycles. The van der Waals surface area contributed by atoms with Crippen molar-refractivity contribution < 1.29 is 4.74 Å². The van der Waals surface area contributed by atoms with Gasteiger partial charge in [0.15, 0.2) is 0 Å². The Morgan fingerprint density at radius 2 is 1.50 bits per heavy atom. The first kappa shape index (κ1) is 14.8. The average molecular weight is 279 g/mol. The number of nitrogens with one attached hydrogen (secondary N) is 1. The van der Waals surface area contributed by atoms with E-state index in [-0.39, 0.29) is 0 Å². The van der Waals surface area contributed by atoms with Crippen LogP contribution in [-0.4, -0.2) is 25.8 Å². The van der Waals surface area contributed by atoms with E-state index < -0.39 is 0 Å². The molecular formula is C18H33NO. The van der Waals surface area contributed by atoms with Crippen molar-refractivity contribution >= 4 is 0 Å². The zero-order chi connectivity index (χ0) is 13.6. The lowest BCUT2D eigenvalue weighted by atomic mass is 9.69. The molecule has 116 valence electrons. The third-order valence-corrected chi connectivity index (χ3v) is 6.10. The van der Waals surface area contributed by atoms with Crippen LogP contribution in [0, 0.1) is 17.8 Å². The first-order valence-electron chi connectivity index (χ1n) is 9.24. The highest BCUT2D eigenvalue weighted by molar-refractivity contribution is 4.85. The largest absolute Gasteiger partial charge is 0.381 e. The number of piperidine rings is 1. The number of ether oxygens (including phenoxy) is 1. The molecule has 0 aromatic carbocycles. The molecule has 2 saturated heterocycles. The first-order chi connectivity index (χ1) is 9.93. The van der Waals surface area contributed by atoms with Crippen LogP contribution in [0.2, 0.25) is 0 Å². The van der Waals surface area contributed by atoms with Crippen LogP contribution in [0.3, 0.4) is 0 Å². The Morgan fingerprint density at radius 3 is 2.20 bits per heavy atom. The summed E-state index contributed by atoms with van der Waals surface area (Å²) in [7, 11) is 0. The molecule has 2 heterocycles. The van der Waals surface area contributed by atoms with Gasteiger partial charge in [-0.1, -0.05) is 38.5 Å². The molecule has 0 aromatic rings. The molecule has 3 rings (SSSR count). The van der Waals surface area contributed by atoms with E-state index in [1.54, 1.807) is 0 Å². The molecule has 2 unspecified atom stereocenters. The molecule has 3 fully saturated rings. The monoisotopic (exact) mass is 279 g/mol.